The molecule has 1 aromatic heterocycles. The number of aromatic nitrogens is 1. The van der Waals surface area contributed by atoms with Gasteiger partial charge in [0.1, 0.15) is 0 Å². The summed E-state index contributed by atoms with van der Waals surface area (Å²) in [4.78, 5) is 18.8. The van der Waals surface area contributed by atoms with E-state index in [4.69, 9.17) is 11.6 Å². The number of hydrogen-bond donors (Lipinski definition) is 0. The first-order chi connectivity index (χ1) is 11.6. The predicted molar refractivity (Wildman–Crippen MR) is 97.5 cm³/mol. The Morgan fingerprint density at radius 3 is 2.71 bits per heavy atom. The maximum Gasteiger partial charge on any atom is 0.281 e. The van der Waals surface area contributed by atoms with Crippen LogP contribution >= 0.6 is 22.9 Å². The quantitative estimate of drug-likeness (QED) is 0.643. The molecule has 0 saturated carbocycles. The molecule has 0 aliphatic heterocycles. The van der Waals surface area contributed by atoms with Crippen LogP contribution in [0.3, 0.4) is 0 Å². The lowest BCUT2D eigenvalue weighted by atomic mass is 9.93. The summed E-state index contributed by atoms with van der Waals surface area (Å²) in [5, 5.41) is 0.431. The second-order valence-corrected chi connectivity index (χ2v) is 7.24. The van der Waals surface area contributed by atoms with Gasteiger partial charge in [0.05, 0.1) is 16.3 Å². The molecule has 0 atom stereocenters. The summed E-state index contributed by atoms with van der Waals surface area (Å²) in [7, 11) is 1.97. The maximum absolute atomic E-state index is 12.5. The standard InChI is InChI=1S/C19H15ClN2OS/c1-22-17-13-7-3-2-6-12(13)10-11-16(17)24-19(22)21-18(23)14-8-4-5-9-15(14)20/h2-9H,10-11H2,1H3. The zero-order valence-corrected chi connectivity index (χ0v) is 14.7. The van der Waals surface area contributed by atoms with Crippen LogP contribution in [-0.2, 0) is 19.9 Å². The molecule has 1 amide bonds. The summed E-state index contributed by atoms with van der Waals surface area (Å²) >= 11 is 7.70. The van der Waals surface area contributed by atoms with E-state index < -0.39 is 0 Å². The number of carbonyl (C=O) groups excluding carboxylic acids is 1. The van der Waals surface area contributed by atoms with Crippen molar-refractivity contribution in [1.82, 2.24) is 4.57 Å². The minimum atomic E-state index is -0.303. The summed E-state index contributed by atoms with van der Waals surface area (Å²) in [6.45, 7) is 0. The van der Waals surface area contributed by atoms with Gasteiger partial charge in [0, 0.05) is 17.5 Å². The van der Waals surface area contributed by atoms with Gasteiger partial charge in [-0.15, -0.1) is 11.3 Å². The number of benzene rings is 2. The Kier molecular flexibility index (Phi) is 3.87. The fourth-order valence-electron chi connectivity index (χ4n) is 3.11. The van der Waals surface area contributed by atoms with Crippen LogP contribution in [0.2, 0.25) is 5.02 Å². The van der Waals surface area contributed by atoms with Gasteiger partial charge < -0.3 is 4.57 Å². The summed E-state index contributed by atoms with van der Waals surface area (Å²) < 4.78 is 2.02. The average Bonchev–Trinajstić information content (AvgIpc) is 2.91. The highest BCUT2D eigenvalue weighted by atomic mass is 35.5. The van der Waals surface area contributed by atoms with Crippen LogP contribution in [0.5, 0.6) is 0 Å². The summed E-state index contributed by atoms with van der Waals surface area (Å²) in [6, 6.07) is 15.4. The Morgan fingerprint density at radius 1 is 1.12 bits per heavy atom. The molecule has 1 aliphatic carbocycles. The monoisotopic (exact) mass is 354 g/mol. The number of rotatable bonds is 1. The minimum absolute atomic E-state index is 0.303. The Balaban J connectivity index is 1.84. The molecule has 4 rings (SSSR count). The molecular weight excluding hydrogens is 340 g/mol. The van der Waals surface area contributed by atoms with Gasteiger partial charge in [-0.05, 0) is 30.5 Å². The zero-order valence-electron chi connectivity index (χ0n) is 13.1. The van der Waals surface area contributed by atoms with E-state index in [1.54, 1.807) is 35.6 Å². The molecular formula is C19H15ClN2OS. The summed E-state index contributed by atoms with van der Waals surface area (Å²) in [6.07, 6.45) is 2.02. The zero-order chi connectivity index (χ0) is 16.7. The van der Waals surface area contributed by atoms with E-state index in [9.17, 15) is 4.79 Å². The predicted octanol–water partition coefficient (Wildman–Crippen LogP) is 4.25. The van der Waals surface area contributed by atoms with Crippen LogP contribution < -0.4 is 4.80 Å². The molecule has 1 aliphatic rings. The van der Waals surface area contributed by atoms with Crippen LogP contribution in [0.1, 0.15) is 20.8 Å². The van der Waals surface area contributed by atoms with Crippen molar-refractivity contribution < 1.29 is 4.79 Å². The van der Waals surface area contributed by atoms with Gasteiger partial charge in [-0.25, -0.2) is 0 Å². The highest BCUT2D eigenvalue weighted by molar-refractivity contribution is 7.09. The molecule has 2 aromatic carbocycles. The van der Waals surface area contributed by atoms with E-state index >= 15 is 0 Å². The van der Waals surface area contributed by atoms with Crippen molar-refractivity contribution in [2.75, 3.05) is 0 Å². The van der Waals surface area contributed by atoms with Crippen molar-refractivity contribution in [3.05, 3.63) is 74.4 Å². The SMILES string of the molecule is Cn1c2c(sc1=NC(=O)c1ccccc1Cl)CCc1ccccc1-2. The van der Waals surface area contributed by atoms with E-state index in [-0.39, 0.29) is 5.91 Å². The lowest BCUT2D eigenvalue weighted by molar-refractivity contribution is 0.0998. The van der Waals surface area contributed by atoms with Crippen LogP contribution in [0.4, 0.5) is 0 Å². The first-order valence-electron chi connectivity index (χ1n) is 7.75. The Hall–Kier alpha value is -2.17. The van der Waals surface area contributed by atoms with Gasteiger partial charge in [0.15, 0.2) is 4.80 Å². The van der Waals surface area contributed by atoms with E-state index in [1.165, 1.54) is 21.7 Å². The van der Waals surface area contributed by atoms with E-state index in [2.05, 4.69) is 29.3 Å². The van der Waals surface area contributed by atoms with E-state index in [0.29, 0.717) is 15.4 Å². The van der Waals surface area contributed by atoms with Crippen LogP contribution in [0, 0.1) is 0 Å². The lowest BCUT2D eigenvalue weighted by Crippen LogP contribution is -2.15. The first-order valence-corrected chi connectivity index (χ1v) is 8.95. The highest BCUT2D eigenvalue weighted by Gasteiger charge is 2.21. The molecule has 0 saturated heterocycles. The van der Waals surface area contributed by atoms with Crippen molar-refractivity contribution in [2.45, 2.75) is 12.8 Å². The van der Waals surface area contributed by atoms with Gasteiger partial charge in [0.2, 0.25) is 0 Å². The normalized spacial score (nSPS) is 13.5. The largest absolute Gasteiger partial charge is 0.319 e. The molecule has 1 heterocycles. The molecule has 3 nitrogen and oxygen atoms in total. The van der Waals surface area contributed by atoms with Crippen LogP contribution in [-0.4, -0.2) is 10.5 Å². The lowest BCUT2D eigenvalue weighted by Gasteiger charge is -2.16. The average molecular weight is 355 g/mol. The molecule has 0 bridgehead atoms. The Labute approximate surface area is 148 Å². The molecule has 0 radical (unpaired) electrons. The van der Waals surface area contributed by atoms with E-state index in [1.807, 2.05) is 11.6 Å². The summed E-state index contributed by atoms with van der Waals surface area (Å²) in [5.74, 6) is -0.303. The molecule has 0 N–H and O–H groups in total. The van der Waals surface area contributed by atoms with Crippen LogP contribution in [0.15, 0.2) is 53.5 Å². The van der Waals surface area contributed by atoms with Gasteiger partial charge in [-0.2, -0.15) is 4.99 Å². The number of carbonyl (C=O) groups is 1. The van der Waals surface area contributed by atoms with Crippen molar-refractivity contribution >= 4 is 28.8 Å². The highest BCUT2D eigenvalue weighted by Crippen LogP contribution is 2.34. The topological polar surface area (TPSA) is 34.4 Å². The van der Waals surface area contributed by atoms with Crippen molar-refractivity contribution in [2.24, 2.45) is 12.0 Å². The number of thiazole rings is 1. The van der Waals surface area contributed by atoms with E-state index in [0.717, 1.165) is 12.8 Å². The molecule has 24 heavy (non-hydrogen) atoms. The van der Waals surface area contributed by atoms with Crippen molar-refractivity contribution in [3.8, 4) is 11.3 Å². The number of nitrogens with zero attached hydrogens (tertiary/aromatic N) is 2. The maximum atomic E-state index is 12.5. The molecule has 5 heteroatoms. The molecule has 0 spiro atoms. The van der Waals surface area contributed by atoms with Crippen molar-refractivity contribution in [3.63, 3.8) is 0 Å². The smallest absolute Gasteiger partial charge is 0.281 e. The van der Waals surface area contributed by atoms with Gasteiger partial charge in [-0.1, -0.05) is 48.0 Å². The first kappa shape index (κ1) is 15.4. The molecule has 120 valence electrons. The summed E-state index contributed by atoms with van der Waals surface area (Å²) in [5.41, 5.74) is 4.20. The van der Waals surface area contributed by atoms with Crippen molar-refractivity contribution in [1.29, 1.82) is 0 Å². The number of halogens is 1. The molecule has 0 fully saturated rings. The Morgan fingerprint density at radius 2 is 1.88 bits per heavy atom. The second kappa shape index (κ2) is 6.04. The fourth-order valence-corrected chi connectivity index (χ4v) is 4.45. The molecule has 3 aromatic rings. The minimum Gasteiger partial charge on any atom is -0.319 e. The van der Waals surface area contributed by atoms with Gasteiger partial charge >= 0.3 is 0 Å². The van der Waals surface area contributed by atoms with Crippen LogP contribution in [0.25, 0.3) is 11.3 Å². The second-order valence-electron chi connectivity index (χ2n) is 5.77. The number of hydrogen-bond acceptors (Lipinski definition) is 2. The number of aryl methyl sites for hydroxylation is 2. The molecule has 0 unspecified atom stereocenters. The fraction of sp³-hybridized carbons (Fsp3) is 0.158. The third-order valence-corrected chi connectivity index (χ3v) is 5.82. The number of amides is 1. The third-order valence-electron chi connectivity index (χ3n) is 4.30. The third kappa shape index (κ3) is 2.52. The van der Waals surface area contributed by atoms with Gasteiger partial charge in [-0.3, -0.25) is 4.79 Å². The number of fused-ring (bicyclic) bond motifs is 3. The van der Waals surface area contributed by atoms with Gasteiger partial charge in [0.25, 0.3) is 5.91 Å². The Bertz CT molecular complexity index is 1020.